The lowest BCUT2D eigenvalue weighted by molar-refractivity contribution is -0.125. The van der Waals surface area contributed by atoms with Gasteiger partial charge in [0.15, 0.2) is 6.10 Å². The highest BCUT2D eigenvalue weighted by Crippen LogP contribution is 2.34. The number of para-hydroxylation sites is 2. The van der Waals surface area contributed by atoms with E-state index in [2.05, 4.69) is 0 Å². The Labute approximate surface area is 205 Å². The predicted molar refractivity (Wildman–Crippen MR) is 134 cm³/mol. The van der Waals surface area contributed by atoms with Crippen molar-refractivity contribution in [2.75, 3.05) is 22.3 Å². The molecule has 0 aromatic heterocycles. The summed E-state index contributed by atoms with van der Waals surface area (Å²) in [5, 5.41) is 0. The van der Waals surface area contributed by atoms with Gasteiger partial charge in [0.2, 0.25) is 5.91 Å². The molecule has 9 heteroatoms. The average molecular weight is 494 g/mol. The maximum Gasteiger partial charge on any atom is 0.264 e. The Kier molecular flexibility index (Phi) is 6.79. The van der Waals surface area contributed by atoms with Crippen LogP contribution in [0.4, 0.5) is 11.4 Å². The Morgan fingerprint density at radius 1 is 1.00 bits per heavy atom. The van der Waals surface area contributed by atoms with Gasteiger partial charge in [-0.2, -0.15) is 0 Å². The average Bonchev–Trinajstić information content (AvgIpc) is 2.86. The van der Waals surface area contributed by atoms with Crippen molar-refractivity contribution in [1.29, 1.82) is 0 Å². The molecule has 0 fully saturated rings. The Hall–Kier alpha value is -3.85. The van der Waals surface area contributed by atoms with Crippen LogP contribution in [0.1, 0.15) is 25.3 Å². The molecule has 182 valence electrons. The summed E-state index contributed by atoms with van der Waals surface area (Å²) in [6, 6.07) is 21.8. The molecular weight excluding hydrogens is 466 g/mol. The Balaban J connectivity index is 1.73. The summed E-state index contributed by atoms with van der Waals surface area (Å²) in [4.78, 5) is 26.9. The molecule has 0 radical (unpaired) electrons. The van der Waals surface area contributed by atoms with Crippen molar-refractivity contribution >= 4 is 33.2 Å². The van der Waals surface area contributed by atoms with Crippen molar-refractivity contribution in [2.24, 2.45) is 5.73 Å². The summed E-state index contributed by atoms with van der Waals surface area (Å²) < 4.78 is 34.0. The third-order valence-electron chi connectivity index (χ3n) is 5.85. The lowest BCUT2D eigenvalue weighted by atomic mass is 10.0. The zero-order chi connectivity index (χ0) is 25.2. The maximum atomic E-state index is 13.6. The van der Waals surface area contributed by atoms with Crippen molar-refractivity contribution in [2.45, 2.75) is 30.8 Å². The second-order valence-electron chi connectivity index (χ2n) is 8.55. The van der Waals surface area contributed by atoms with Gasteiger partial charge in [-0.05, 0) is 47.9 Å². The zero-order valence-corrected chi connectivity index (χ0v) is 20.3. The first-order chi connectivity index (χ1) is 16.7. The summed E-state index contributed by atoms with van der Waals surface area (Å²) in [6.45, 7) is 3.50. The lowest BCUT2D eigenvalue weighted by Gasteiger charge is -2.35. The molecule has 1 atom stereocenters. The van der Waals surface area contributed by atoms with Gasteiger partial charge in [0, 0.05) is 0 Å². The van der Waals surface area contributed by atoms with Gasteiger partial charge in [-0.15, -0.1) is 0 Å². The molecule has 0 spiro atoms. The van der Waals surface area contributed by atoms with Gasteiger partial charge in [-0.25, -0.2) is 8.42 Å². The van der Waals surface area contributed by atoms with E-state index in [9.17, 15) is 18.0 Å². The smallest absolute Gasteiger partial charge is 0.264 e. The minimum atomic E-state index is -4.07. The molecule has 3 aromatic rings. The van der Waals surface area contributed by atoms with E-state index in [1.165, 1.54) is 17.0 Å². The zero-order valence-electron chi connectivity index (χ0n) is 19.5. The van der Waals surface area contributed by atoms with E-state index in [0.717, 1.165) is 9.87 Å². The molecule has 0 unspecified atom stereocenters. The number of carbonyl (C=O) groups is 2. The van der Waals surface area contributed by atoms with E-state index in [0.29, 0.717) is 17.1 Å². The molecule has 0 saturated carbocycles. The molecule has 8 nitrogen and oxygen atoms in total. The highest BCUT2D eigenvalue weighted by molar-refractivity contribution is 7.92. The maximum absolute atomic E-state index is 13.6. The van der Waals surface area contributed by atoms with Crippen LogP contribution in [0.5, 0.6) is 5.75 Å². The molecule has 35 heavy (non-hydrogen) atoms. The molecule has 4 rings (SSSR count). The number of benzene rings is 3. The van der Waals surface area contributed by atoms with E-state index in [4.69, 9.17) is 10.5 Å². The number of nitrogens with zero attached hydrogens (tertiary/aromatic N) is 2. The molecule has 1 aliphatic rings. The molecule has 1 heterocycles. The SMILES string of the molecule is CC(C)c1ccc(N(CC(=O)N2C[C@@H](C(N)=O)Oc3ccccc32)S(=O)(=O)c2ccccc2)cc1. The van der Waals surface area contributed by atoms with Crippen LogP contribution >= 0.6 is 0 Å². The second-order valence-corrected chi connectivity index (χ2v) is 10.4. The number of anilines is 2. The number of ether oxygens (including phenoxy) is 1. The molecule has 0 saturated heterocycles. The van der Waals surface area contributed by atoms with Gasteiger partial charge in [-0.1, -0.05) is 56.3 Å². The van der Waals surface area contributed by atoms with Gasteiger partial charge in [-0.3, -0.25) is 13.9 Å². The van der Waals surface area contributed by atoms with Crippen molar-refractivity contribution in [3.05, 3.63) is 84.4 Å². The first-order valence-corrected chi connectivity index (χ1v) is 12.7. The van der Waals surface area contributed by atoms with E-state index < -0.39 is 34.5 Å². The van der Waals surface area contributed by atoms with Crippen LogP contribution in [0.25, 0.3) is 0 Å². The fourth-order valence-electron chi connectivity index (χ4n) is 3.89. The number of hydrogen-bond acceptors (Lipinski definition) is 5. The summed E-state index contributed by atoms with van der Waals surface area (Å²) >= 11 is 0. The normalized spacial score (nSPS) is 15.3. The molecule has 2 N–H and O–H groups in total. The fraction of sp³-hybridized carbons (Fsp3) is 0.231. The van der Waals surface area contributed by atoms with E-state index >= 15 is 0 Å². The predicted octanol–water partition coefficient (Wildman–Crippen LogP) is 3.28. The van der Waals surface area contributed by atoms with Crippen molar-refractivity contribution in [1.82, 2.24) is 0 Å². The summed E-state index contributed by atoms with van der Waals surface area (Å²) in [7, 11) is -4.07. The third-order valence-corrected chi connectivity index (χ3v) is 7.64. The van der Waals surface area contributed by atoms with Crippen LogP contribution in [-0.4, -0.2) is 39.4 Å². The number of amides is 2. The number of hydrogen-bond donors (Lipinski definition) is 1. The van der Waals surface area contributed by atoms with Crippen LogP contribution in [-0.2, 0) is 19.6 Å². The number of carbonyl (C=O) groups excluding carboxylic acids is 2. The molecule has 0 aliphatic carbocycles. The summed E-state index contributed by atoms with van der Waals surface area (Å²) in [5.41, 5.74) is 7.31. The fourth-order valence-corrected chi connectivity index (χ4v) is 5.32. The first kappa shape index (κ1) is 24.3. The number of primary amides is 1. The van der Waals surface area contributed by atoms with Gasteiger partial charge in [0.25, 0.3) is 15.9 Å². The highest BCUT2D eigenvalue weighted by Gasteiger charge is 2.35. The van der Waals surface area contributed by atoms with E-state index in [1.54, 1.807) is 54.6 Å². The number of nitrogens with two attached hydrogens (primary N) is 1. The van der Waals surface area contributed by atoms with E-state index in [1.807, 2.05) is 26.0 Å². The minimum absolute atomic E-state index is 0.0677. The van der Waals surface area contributed by atoms with Crippen molar-refractivity contribution in [3.8, 4) is 5.75 Å². The minimum Gasteiger partial charge on any atom is -0.477 e. The monoisotopic (exact) mass is 493 g/mol. The largest absolute Gasteiger partial charge is 0.477 e. The van der Waals surface area contributed by atoms with Gasteiger partial charge in [0.05, 0.1) is 22.8 Å². The molecule has 0 bridgehead atoms. The Bertz CT molecular complexity index is 1320. The van der Waals surface area contributed by atoms with Crippen LogP contribution in [0.3, 0.4) is 0 Å². The molecule has 1 aliphatic heterocycles. The molecular formula is C26H27N3O5S. The standard InChI is InChI=1S/C26H27N3O5S/c1-18(2)19-12-14-20(15-13-19)29(35(32,33)21-8-4-3-5-9-21)17-25(30)28-16-24(26(27)31)34-23-11-7-6-10-22(23)28/h3-15,18,24H,16-17H2,1-2H3,(H2,27,31)/t24-/m0/s1. The topological polar surface area (TPSA) is 110 Å². The summed E-state index contributed by atoms with van der Waals surface area (Å²) in [5.74, 6) is -0.634. The highest BCUT2D eigenvalue weighted by atomic mass is 32.2. The Morgan fingerprint density at radius 2 is 1.63 bits per heavy atom. The van der Waals surface area contributed by atoms with Crippen LogP contribution in [0, 0.1) is 0 Å². The Morgan fingerprint density at radius 3 is 2.26 bits per heavy atom. The van der Waals surface area contributed by atoms with Gasteiger partial charge in [0.1, 0.15) is 12.3 Å². The molecule has 2 amide bonds. The van der Waals surface area contributed by atoms with E-state index in [-0.39, 0.29) is 17.4 Å². The van der Waals surface area contributed by atoms with Crippen LogP contribution in [0.2, 0.25) is 0 Å². The van der Waals surface area contributed by atoms with Gasteiger partial charge >= 0.3 is 0 Å². The first-order valence-electron chi connectivity index (χ1n) is 11.2. The molecule has 3 aromatic carbocycles. The van der Waals surface area contributed by atoms with Crippen molar-refractivity contribution < 1.29 is 22.7 Å². The summed E-state index contributed by atoms with van der Waals surface area (Å²) in [6.07, 6.45) is -1.04. The lowest BCUT2D eigenvalue weighted by Crippen LogP contribution is -2.52. The second kappa shape index (κ2) is 9.79. The number of rotatable bonds is 7. The van der Waals surface area contributed by atoms with Crippen LogP contribution in [0.15, 0.2) is 83.8 Å². The number of sulfonamides is 1. The number of fused-ring (bicyclic) bond motifs is 1. The quantitative estimate of drug-likeness (QED) is 0.543. The van der Waals surface area contributed by atoms with Crippen LogP contribution < -0.4 is 19.7 Å². The van der Waals surface area contributed by atoms with Gasteiger partial charge < -0.3 is 15.4 Å². The van der Waals surface area contributed by atoms with Crippen molar-refractivity contribution in [3.63, 3.8) is 0 Å². The third kappa shape index (κ3) is 5.00.